The maximum atomic E-state index is 11.1. The number of ether oxygens (including phenoxy) is 1. The van der Waals surface area contributed by atoms with E-state index in [9.17, 15) is 4.79 Å². The molecule has 0 aromatic heterocycles. The van der Waals surface area contributed by atoms with Gasteiger partial charge in [-0.2, -0.15) is 0 Å². The molecule has 0 aromatic carbocycles. The molecule has 0 spiro atoms. The van der Waals surface area contributed by atoms with Crippen LogP contribution in [0.25, 0.3) is 0 Å². The first kappa shape index (κ1) is 10.4. The first-order valence-corrected chi connectivity index (χ1v) is 3.83. The minimum absolute atomic E-state index is 0.161. The molecule has 0 saturated heterocycles. The minimum Gasteiger partial charge on any atom is -0.469 e. The molecule has 3 heteroatoms. The van der Waals surface area contributed by atoms with Crippen molar-refractivity contribution in [2.45, 2.75) is 26.7 Å². The first-order valence-electron chi connectivity index (χ1n) is 3.83. The molecule has 0 atom stereocenters. The summed E-state index contributed by atoms with van der Waals surface area (Å²) in [4.78, 5) is 11.1. The molecule has 66 valence electrons. The molecule has 0 radical (unpaired) electrons. The lowest BCUT2D eigenvalue weighted by molar-refractivity contribution is -0.151. The molecule has 0 heterocycles. The van der Waals surface area contributed by atoms with Gasteiger partial charge in [0, 0.05) is 0 Å². The third-order valence-electron chi connectivity index (χ3n) is 1.74. The van der Waals surface area contributed by atoms with Crippen LogP contribution in [0.15, 0.2) is 0 Å². The molecular formula is C8H17NO2. The van der Waals surface area contributed by atoms with Crippen molar-refractivity contribution in [1.29, 1.82) is 0 Å². The molecule has 0 aliphatic heterocycles. The van der Waals surface area contributed by atoms with Crippen molar-refractivity contribution in [3.63, 3.8) is 0 Å². The van der Waals surface area contributed by atoms with Gasteiger partial charge in [-0.05, 0) is 33.2 Å². The van der Waals surface area contributed by atoms with Gasteiger partial charge in [0.1, 0.15) is 0 Å². The van der Waals surface area contributed by atoms with Gasteiger partial charge >= 0.3 is 5.97 Å². The predicted octanol–water partition coefficient (Wildman–Crippen LogP) is 0.924. The van der Waals surface area contributed by atoms with Gasteiger partial charge in [-0.3, -0.25) is 4.79 Å². The number of methoxy groups -OCH3 is 1. The average molecular weight is 159 g/mol. The van der Waals surface area contributed by atoms with Crippen molar-refractivity contribution >= 4 is 5.97 Å². The number of hydrogen-bond acceptors (Lipinski definition) is 3. The summed E-state index contributed by atoms with van der Waals surface area (Å²) >= 11 is 0. The SMILES string of the molecule is COC(=O)C(C)(C)CCCN. The number of carbonyl (C=O) groups excluding carboxylic acids is 1. The fraction of sp³-hybridized carbons (Fsp3) is 0.875. The molecule has 0 saturated carbocycles. The standard InChI is InChI=1S/C8H17NO2/c1-8(2,5-4-6-9)7(10)11-3/h4-6,9H2,1-3H3. The van der Waals surface area contributed by atoms with Crippen molar-refractivity contribution in [3.8, 4) is 0 Å². The Hall–Kier alpha value is -0.570. The second kappa shape index (κ2) is 4.34. The number of rotatable bonds is 4. The lowest BCUT2D eigenvalue weighted by atomic mass is 9.88. The number of esters is 1. The van der Waals surface area contributed by atoms with Crippen molar-refractivity contribution in [1.82, 2.24) is 0 Å². The molecule has 0 aliphatic carbocycles. The summed E-state index contributed by atoms with van der Waals surface area (Å²) in [5, 5.41) is 0. The quantitative estimate of drug-likeness (QED) is 0.621. The van der Waals surface area contributed by atoms with E-state index < -0.39 is 0 Å². The number of nitrogens with two attached hydrogens (primary N) is 1. The van der Waals surface area contributed by atoms with Gasteiger partial charge in [0.25, 0.3) is 0 Å². The molecule has 0 unspecified atom stereocenters. The van der Waals surface area contributed by atoms with E-state index >= 15 is 0 Å². The fourth-order valence-electron chi connectivity index (χ4n) is 0.922. The van der Waals surface area contributed by atoms with E-state index in [1.807, 2.05) is 13.8 Å². The Morgan fingerprint density at radius 1 is 1.55 bits per heavy atom. The van der Waals surface area contributed by atoms with Crippen molar-refractivity contribution in [2.24, 2.45) is 11.1 Å². The van der Waals surface area contributed by atoms with Crippen LogP contribution in [0.1, 0.15) is 26.7 Å². The van der Waals surface area contributed by atoms with Gasteiger partial charge < -0.3 is 10.5 Å². The molecule has 11 heavy (non-hydrogen) atoms. The highest BCUT2D eigenvalue weighted by molar-refractivity contribution is 5.75. The number of carbonyl (C=O) groups is 1. The Morgan fingerprint density at radius 2 is 2.09 bits per heavy atom. The predicted molar refractivity (Wildman–Crippen MR) is 44.1 cm³/mol. The van der Waals surface area contributed by atoms with Crippen molar-refractivity contribution in [3.05, 3.63) is 0 Å². The molecule has 0 fully saturated rings. The van der Waals surface area contributed by atoms with Crippen LogP contribution >= 0.6 is 0 Å². The van der Waals surface area contributed by atoms with E-state index in [4.69, 9.17) is 5.73 Å². The summed E-state index contributed by atoms with van der Waals surface area (Å²) in [6.45, 7) is 4.36. The van der Waals surface area contributed by atoms with Gasteiger partial charge in [-0.1, -0.05) is 0 Å². The van der Waals surface area contributed by atoms with Crippen LogP contribution in [0.4, 0.5) is 0 Å². The van der Waals surface area contributed by atoms with E-state index in [2.05, 4.69) is 4.74 Å². The largest absolute Gasteiger partial charge is 0.469 e. The van der Waals surface area contributed by atoms with Gasteiger partial charge in [0.2, 0.25) is 0 Å². The average Bonchev–Trinajstić information content (AvgIpc) is 1.99. The van der Waals surface area contributed by atoms with Crippen LogP contribution in [0, 0.1) is 5.41 Å². The second-order valence-corrected chi connectivity index (χ2v) is 3.27. The summed E-state index contributed by atoms with van der Waals surface area (Å²) in [7, 11) is 1.41. The van der Waals surface area contributed by atoms with Gasteiger partial charge in [-0.25, -0.2) is 0 Å². The van der Waals surface area contributed by atoms with Gasteiger partial charge in [-0.15, -0.1) is 0 Å². The van der Waals surface area contributed by atoms with Crippen LogP contribution in [-0.4, -0.2) is 19.6 Å². The smallest absolute Gasteiger partial charge is 0.311 e. The van der Waals surface area contributed by atoms with E-state index in [-0.39, 0.29) is 11.4 Å². The molecule has 0 amide bonds. The van der Waals surface area contributed by atoms with Crippen LogP contribution < -0.4 is 5.73 Å². The Morgan fingerprint density at radius 3 is 2.45 bits per heavy atom. The Labute approximate surface area is 67.9 Å². The highest BCUT2D eigenvalue weighted by Gasteiger charge is 2.27. The number of hydrogen-bond donors (Lipinski definition) is 1. The zero-order valence-corrected chi connectivity index (χ0v) is 7.52. The molecule has 0 aromatic rings. The Kier molecular flexibility index (Phi) is 4.11. The summed E-state index contributed by atoms with van der Waals surface area (Å²) in [6, 6.07) is 0. The van der Waals surface area contributed by atoms with Gasteiger partial charge in [0.15, 0.2) is 0 Å². The van der Waals surface area contributed by atoms with Crippen molar-refractivity contribution in [2.75, 3.05) is 13.7 Å². The monoisotopic (exact) mass is 159 g/mol. The zero-order valence-electron chi connectivity index (χ0n) is 7.52. The molecule has 0 bridgehead atoms. The highest BCUT2D eigenvalue weighted by atomic mass is 16.5. The summed E-state index contributed by atoms with van der Waals surface area (Å²) < 4.78 is 4.63. The normalized spacial score (nSPS) is 11.3. The topological polar surface area (TPSA) is 52.3 Å². The zero-order chi connectivity index (χ0) is 8.91. The lowest BCUT2D eigenvalue weighted by Gasteiger charge is -2.20. The Bertz CT molecular complexity index is 132. The Balaban J connectivity index is 3.88. The van der Waals surface area contributed by atoms with E-state index in [0.29, 0.717) is 6.54 Å². The van der Waals surface area contributed by atoms with Gasteiger partial charge in [0.05, 0.1) is 12.5 Å². The molecule has 3 nitrogen and oxygen atoms in total. The first-order chi connectivity index (χ1) is 5.04. The lowest BCUT2D eigenvalue weighted by Crippen LogP contribution is -2.26. The summed E-state index contributed by atoms with van der Waals surface area (Å²) in [5.74, 6) is -0.161. The van der Waals surface area contributed by atoms with Crippen LogP contribution in [0.5, 0.6) is 0 Å². The van der Waals surface area contributed by atoms with E-state index in [1.54, 1.807) is 0 Å². The molecule has 0 rings (SSSR count). The third-order valence-corrected chi connectivity index (χ3v) is 1.74. The van der Waals surface area contributed by atoms with Crippen LogP contribution in [0.3, 0.4) is 0 Å². The van der Waals surface area contributed by atoms with Crippen LogP contribution in [-0.2, 0) is 9.53 Å². The highest BCUT2D eigenvalue weighted by Crippen LogP contribution is 2.23. The molecule has 0 aliphatic rings. The van der Waals surface area contributed by atoms with E-state index in [1.165, 1.54) is 7.11 Å². The molecular weight excluding hydrogens is 142 g/mol. The molecule has 2 N–H and O–H groups in total. The summed E-state index contributed by atoms with van der Waals surface area (Å²) in [5.41, 5.74) is 4.94. The second-order valence-electron chi connectivity index (χ2n) is 3.27. The third kappa shape index (κ3) is 3.37. The minimum atomic E-state index is -0.381. The van der Waals surface area contributed by atoms with E-state index in [0.717, 1.165) is 12.8 Å². The van der Waals surface area contributed by atoms with Crippen molar-refractivity contribution < 1.29 is 9.53 Å². The maximum Gasteiger partial charge on any atom is 0.311 e. The fourth-order valence-corrected chi connectivity index (χ4v) is 0.922. The van der Waals surface area contributed by atoms with Crippen LogP contribution in [0.2, 0.25) is 0 Å². The maximum absolute atomic E-state index is 11.1. The summed E-state index contributed by atoms with van der Waals surface area (Å²) in [6.07, 6.45) is 1.65.